The molecule has 1 aliphatic carbocycles. The van der Waals surface area contributed by atoms with E-state index in [2.05, 4.69) is 10.6 Å². The minimum Gasteiger partial charge on any atom is -0.445 e. The van der Waals surface area contributed by atoms with Gasteiger partial charge in [-0.25, -0.2) is 9.59 Å². The van der Waals surface area contributed by atoms with Crippen LogP contribution in [0.1, 0.15) is 37.3 Å². The van der Waals surface area contributed by atoms with Crippen molar-refractivity contribution in [3.05, 3.63) is 71.8 Å². The second kappa shape index (κ2) is 10.1. The summed E-state index contributed by atoms with van der Waals surface area (Å²) in [6, 6.07) is 17.9. The van der Waals surface area contributed by atoms with Gasteiger partial charge in [-0.3, -0.25) is 0 Å². The van der Waals surface area contributed by atoms with Crippen LogP contribution < -0.4 is 10.6 Å². The highest BCUT2D eigenvalue weighted by Gasteiger charge is 2.38. The molecular formula is C23H28N2O5. The molecule has 2 aromatic carbocycles. The number of ether oxygens (including phenoxy) is 2. The average Bonchev–Trinajstić information content (AvgIpc) is 2.74. The van der Waals surface area contributed by atoms with Crippen molar-refractivity contribution in [2.24, 2.45) is 0 Å². The number of hydrogen-bond donors (Lipinski definition) is 3. The van der Waals surface area contributed by atoms with Crippen LogP contribution in [0, 0.1) is 0 Å². The summed E-state index contributed by atoms with van der Waals surface area (Å²) in [6.07, 6.45) is 0.169. The van der Waals surface area contributed by atoms with Crippen LogP contribution in [0.3, 0.4) is 0 Å². The fourth-order valence-electron chi connectivity index (χ4n) is 3.54. The number of hydrogen-bond acceptors (Lipinski definition) is 5. The fraction of sp³-hybridized carbons (Fsp3) is 0.391. The Bertz CT molecular complexity index is 826. The molecule has 0 saturated heterocycles. The lowest BCUT2D eigenvalue weighted by molar-refractivity contribution is -0.000953. The Balaban J connectivity index is 1.52. The third-order valence-corrected chi connectivity index (χ3v) is 5.17. The molecule has 3 atom stereocenters. The summed E-state index contributed by atoms with van der Waals surface area (Å²) in [5, 5.41) is 16.0. The van der Waals surface area contributed by atoms with Gasteiger partial charge in [0.1, 0.15) is 13.2 Å². The van der Waals surface area contributed by atoms with E-state index in [1.807, 2.05) is 60.7 Å². The number of carbonyl (C=O) groups excluding carboxylic acids is 2. The quantitative estimate of drug-likeness (QED) is 0.675. The van der Waals surface area contributed by atoms with E-state index in [0.29, 0.717) is 19.3 Å². The zero-order valence-electron chi connectivity index (χ0n) is 17.0. The first-order valence-electron chi connectivity index (χ1n) is 10.1. The van der Waals surface area contributed by atoms with Crippen LogP contribution in [-0.2, 0) is 22.7 Å². The standard InChI is InChI=1S/C23H28N2O5/c1-23(28)13-12-19(24-21(26)29-15-17-8-4-2-5-9-17)20(14-23)25-22(27)30-16-18-10-6-3-7-11-18/h2-11,19-20,28H,12-16H2,1H3,(H,24,26)(H,25,27)/t19-,20+,23?/m1/s1. The third-order valence-electron chi connectivity index (χ3n) is 5.17. The van der Waals surface area contributed by atoms with Gasteiger partial charge in [-0.15, -0.1) is 0 Å². The molecule has 0 spiro atoms. The van der Waals surface area contributed by atoms with E-state index in [-0.39, 0.29) is 19.3 Å². The predicted octanol–water partition coefficient (Wildman–Crippen LogP) is 3.51. The van der Waals surface area contributed by atoms with Crippen molar-refractivity contribution in [3.8, 4) is 0 Å². The predicted molar refractivity (Wildman–Crippen MR) is 112 cm³/mol. The molecule has 2 amide bonds. The van der Waals surface area contributed by atoms with Crippen molar-refractivity contribution in [2.75, 3.05) is 0 Å². The van der Waals surface area contributed by atoms with Crippen LogP contribution in [0.15, 0.2) is 60.7 Å². The highest BCUT2D eigenvalue weighted by Crippen LogP contribution is 2.28. The first kappa shape index (κ1) is 21.6. The van der Waals surface area contributed by atoms with E-state index in [0.717, 1.165) is 11.1 Å². The molecule has 1 fully saturated rings. The van der Waals surface area contributed by atoms with Gasteiger partial charge in [0.05, 0.1) is 17.7 Å². The lowest BCUT2D eigenvalue weighted by Gasteiger charge is -2.39. The van der Waals surface area contributed by atoms with Gasteiger partial charge in [0.15, 0.2) is 0 Å². The minimum absolute atomic E-state index is 0.146. The van der Waals surface area contributed by atoms with Gasteiger partial charge in [0.2, 0.25) is 0 Å². The SMILES string of the molecule is CC1(O)CC[C@@H](NC(=O)OCc2ccccc2)[C@@H](NC(=O)OCc2ccccc2)C1. The van der Waals surface area contributed by atoms with Crippen molar-refractivity contribution in [3.63, 3.8) is 0 Å². The first-order chi connectivity index (χ1) is 14.4. The zero-order chi connectivity index (χ0) is 21.4. The monoisotopic (exact) mass is 412 g/mol. The van der Waals surface area contributed by atoms with Crippen molar-refractivity contribution >= 4 is 12.2 Å². The lowest BCUT2D eigenvalue weighted by Crippen LogP contribution is -2.57. The highest BCUT2D eigenvalue weighted by molar-refractivity contribution is 5.69. The summed E-state index contributed by atoms with van der Waals surface area (Å²) in [5.74, 6) is 0. The summed E-state index contributed by atoms with van der Waals surface area (Å²) >= 11 is 0. The number of carbonyl (C=O) groups is 2. The van der Waals surface area contributed by atoms with Crippen LogP contribution in [0.4, 0.5) is 9.59 Å². The van der Waals surface area contributed by atoms with E-state index in [1.54, 1.807) is 6.92 Å². The van der Waals surface area contributed by atoms with Crippen molar-refractivity contribution in [1.29, 1.82) is 0 Å². The molecule has 30 heavy (non-hydrogen) atoms. The van der Waals surface area contributed by atoms with Gasteiger partial charge in [-0.05, 0) is 37.3 Å². The Morgan fingerprint density at radius 3 is 1.87 bits per heavy atom. The Morgan fingerprint density at radius 2 is 1.37 bits per heavy atom. The topological polar surface area (TPSA) is 96.9 Å². The Morgan fingerprint density at radius 1 is 0.900 bits per heavy atom. The Kier molecular flexibility index (Phi) is 7.30. The second-order valence-electron chi connectivity index (χ2n) is 7.86. The molecule has 7 nitrogen and oxygen atoms in total. The molecule has 1 aliphatic rings. The van der Waals surface area contributed by atoms with Crippen molar-refractivity contribution in [2.45, 2.75) is 57.1 Å². The number of aliphatic hydroxyl groups is 1. The summed E-state index contributed by atoms with van der Waals surface area (Å²) < 4.78 is 10.6. The maximum atomic E-state index is 12.3. The lowest BCUT2D eigenvalue weighted by atomic mass is 9.80. The van der Waals surface area contributed by atoms with Gasteiger partial charge in [0.25, 0.3) is 0 Å². The zero-order valence-corrected chi connectivity index (χ0v) is 17.0. The van der Waals surface area contributed by atoms with E-state index < -0.39 is 23.8 Å². The summed E-state index contributed by atoms with van der Waals surface area (Å²) in [6.45, 7) is 2.03. The van der Waals surface area contributed by atoms with Crippen molar-refractivity contribution in [1.82, 2.24) is 10.6 Å². The minimum atomic E-state index is -0.927. The first-order valence-corrected chi connectivity index (χ1v) is 10.1. The maximum absolute atomic E-state index is 12.3. The highest BCUT2D eigenvalue weighted by atomic mass is 16.6. The van der Waals surface area contributed by atoms with Crippen LogP contribution in [0.5, 0.6) is 0 Å². The number of benzene rings is 2. The van der Waals surface area contributed by atoms with Gasteiger partial charge in [0, 0.05) is 0 Å². The number of nitrogens with one attached hydrogen (secondary N) is 2. The molecule has 0 aromatic heterocycles. The maximum Gasteiger partial charge on any atom is 0.407 e. The van der Waals surface area contributed by atoms with Crippen LogP contribution >= 0.6 is 0 Å². The molecule has 1 saturated carbocycles. The Hall–Kier alpha value is -3.06. The summed E-state index contributed by atoms with van der Waals surface area (Å²) in [5.41, 5.74) is 0.838. The van der Waals surface area contributed by atoms with Gasteiger partial charge in [-0.2, -0.15) is 0 Å². The van der Waals surface area contributed by atoms with Crippen LogP contribution in [-0.4, -0.2) is 35.0 Å². The van der Waals surface area contributed by atoms with Gasteiger partial charge >= 0.3 is 12.2 Å². The Labute approximate surface area is 176 Å². The molecule has 7 heteroatoms. The van der Waals surface area contributed by atoms with Crippen LogP contribution in [0.2, 0.25) is 0 Å². The van der Waals surface area contributed by atoms with Crippen molar-refractivity contribution < 1.29 is 24.2 Å². The molecule has 3 N–H and O–H groups in total. The molecule has 2 aromatic rings. The molecule has 3 rings (SSSR count). The molecule has 1 unspecified atom stereocenters. The number of rotatable bonds is 6. The van der Waals surface area contributed by atoms with Crippen LogP contribution in [0.25, 0.3) is 0 Å². The molecule has 160 valence electrons. The molecular weight excluding hydrogens is 384 g/mol. The van der Waals surface area contributed by atoms with E-state index in [1.165, 1.54) is 0 Å². The molecule has 0 radical (unpaired) electrons. The van der Waals surface area contributed by atoms with Gasteiger partial charge < -0.3 is 25.2 Å². The number of alkyl carbamates (subject to hydrolysis) is 2. The van der Waals surface area contributed by atoms with E-state index >= 15 is 0 Å². The fourth-order valence-corrected chi connectivity index (χ4v) is 3.54. The molecule has 0 bridgehead atoms. The summed E-state index contributed by atoms with van der Waals surface area (Å²) in [4.78, 5) is 24.5. The average molecular weight is 412 g/mol. The van der Waals surface area contributed by atoms with E-state index in [4.69, 9.17) is 9.47 Å². The number of amides is 2. The van der Waals surface area contributed by atoms with E-state index in [9.17, 15) is 14.7 Å². The summed E-state index contributed by atoms with van der Waals surface area (Å²) in [7, 11) is 0. The molecule has 0 heterocycles. The smallest absolute Gasteiger partial charge is 0.407 e. The van der Waals surface area contributed by atoms with Gasteiger partial charge in [-0.1, -0.05) is 60.7 Å². The second-order valence-corrected chi connectivity index (χ2v) is 7.86. The largest absolute Gasteiger partial charge is 0.445 e. The normalized spacial score (nSPS) is 23.3. The third kappa shape index (κ3) is 6.77. The molecule has 0 aliphatic heterocycles.